The molecule has 0 spiro atoms. The molecule has 1 aromatic carbocycles. The highest BCUT2D eigenvalue weighted by molar-refractivity contribution is 9.10. The average Bonchev–Trinajstić information content (AvgIpc) is 2.41. The summed E-state index contributed by atoms with van der Waals surface area (Å²) in [5.41, 5.74) is 6.74. The van der Waals surface area contributed by atoms with Crippen molar-refractivity contribution in [3.63, 3.8) is 0 Å². The Morgan fingerprint density at radius 2 is 2.00 bits per heavy atom. The first-order chi connectivity index (χ1) is 9.29. The summed E-state index contributed by atoms with van der Waals surface area (Å²) in [5, 5.41) is 0. The molecule has 5 heteroatoms. The van der Waals surface area contributed by atoms with Crippen LogP contribution in [-0.2, 0) is 15.9 Å². The van der Waals surface area contributed by atoms with E-state index in [-0.39, 0.29) is 0 Å². The van der Waals surface area contributed by atoms with Crippen LogP contribution < -0.4 is 10.5 Å². The topological polar surface area (TPSA) is 53.7 Å². The van der Waals surface area contributed by atoms with E-state index < -0.39 is 0 Å². The first kappa shape index (κ1) is 16.4. The number of rotatable bonds is 10. The van der Waals surface area contributed by atoms with Gasteiger partial charge in [0.2, 0.25) is 0 Å². The molecule has 0 saturated carbocycles. The lowest BCUT2D eigenvalue weighted by Crippen LogP contribution is -2.09. The zero-order chi connectivity index (χ0) is 13.9. The van der Waals surface area contributed by atoms with Crippen molar-refractivity contribution in [2.45, 2.75) is 12.8 Å². The standard InChI is InChI=1S/C14H22BrNO3/c1-17-10-11-18-8-3-9-19-14-12(6-7-16)4-2-5-13(14)15/h2,4-5H,3,6-11,16H2,1H3. The zero-order valence-corrected chi connectivity index (χ0v) is 12.9. The van der Waals surface area contributed by atoms with Gasteiger partial charge in [0.25, 0.3) is 0 Å². The number of halogens is 1. The van der Waals surface area contributed by atoms with E-state index in [9.17, 15) is 0 Å². The molecule has 0 aliphatic carbocycles. The van der Waals surface area contributed by atoms with Gasteiger partial charge in [0, 0.05) is 20.1 Å². The van der Waals surface area contributed by atoms with Gasteiger partial charge in [-0.3, -0.25) is 0 Å². The molecule has 0 fully saturated rings. The van der Waals surface area contributed by atoms with Crippen molar-refractivity contribution in [2.24, 2.45) is 5.73 Å². The van der Waals surface area contributed by atoms with Crippen LogP contribution in [0.4, 0.5) is 0 Å². The van der Waals surface area contributed by atoms with Crippen molar-refractivity contribution in [1.82, 2.24) is 0 Å². The predicted molar refractivity (Wildman–Crippen MR) is 79.7 cm³/mol. The van der Waals surface area contributed by atoms with Gasteiger partial charge in [-0.1, -0.05) is 12.1 Å². The Hall–Kier alpha value is -0.620. The van der Waals surface area contributed by atoms with Crippen molar-refractivity contribution in [3.8, 4) is 5.75 Å². The molecule has 0 saturated heterocycles. The molecular formula is C14H22BrNO3. The molecule has 0 aliphatic rings. The summed E-state index contributed by atoms with van der Waals surface area (Å²) in [6.07, 6.45) is 1.67. The third-order valence-electron chi connectivity index (χ3n) is 2.57. The summed E-state index contributed by atoms with van der Waals surface area (Å²) in [6, 6.07) is 6.02. The second kappa shape index (κ2) is 10.2. The number of methoxy groups -OCH3 is 1. The number of ether oxygens (including phenoxy) is 3. The van der Waals surface area contributed by atoms with E-state index in [1.807, 2.05) is 18.2 Å². The summed E-state index contributed by atoms with van der Waals surface area (Å²) in [4.78, 5) is 0. The smallest absolute Gasteiger partial charge is 0.136 e. The van der Waals surface area contributed by atoms with Crippen LogP contribution in [-0.4, -0.2) is 40.1 Å². The summed E-state index contributed by atoms with van der Waals surface area (Å²) in [7, 11) is 1.67. The maximum absolute atomic E-state index is 5.81. The Labute approximate surface area is 123 Å². The first-order valence-electron chi connectivity index (χ1n) is 6.46. The minimum absolute atomic E-state index is 0.618. The van der Waals surface area contributed by atoms with E-state index in [4.69, 9.17) is 19.9 Å². The van der Waals surface area contributed by atoms with E-state index in [1.54, 1.807) is 7.11 Å². The molecule has 0 heterocycles. The summed E-state index contributed by atoms with van der Waals surface area (Å²) in [5.74, 6) is 0.893. The van der Waals surface area contributed by atoms with Gasteiger partial charge < -0.3 is 19.9 Å². The average molecular weight is 332 g/mol. The number of hydrogen-bond donors (Lipinski definition) is 1. The minimum Gasteiger partial charge on any atom is -0.492 e. The molecule has 1 rings (SSSR count). The highest BCUT2D eigenvalue weighted by Crippen LogP contribution is 2.29. The summed E-state index contributed by atoms with van der Waals surface area (Å²) < 4.78 is 17.1. The highest BCUT2D eigenvalue weighted by Gasteiger charge is 2.07. The van der Waals surface area contributed by atoms with E-state index in [2.05, 4.69) is 15.9 Å². The Bertz CT molecular complexity index is 361. The van der Waals surface area contributed by atoms with Crippen LogP contribution in [0.3, 0.4) is 0 Å². The Balaban J connectivity index is 2.32. The van der Waals surface area contributed by atoms with Gasteiger partial charge in [0.15, 0.2) is 0 Å². The molecule has 0 aliphatic heterocycles. The van der Waals surface area contributed by atoms with Crippen LogP contribution in [0.2, 0.25) is 0 Å². The van der Waals surface area contributed by atoms with Crippen LogP contribution >= 0.6 is 15.9 Å². The molecule has 2 N–H and O–H groups in total. The quantitative estimate of drug-likeness (QED) is 0.669. The molecule has 0 aromatic heterocycles. The fraction of sp³-hybridized carbons (Fsp3) is 0.571. The monoisotopic (exact) mass is 331 g/mol. The van der Waals surface area contributed by atoms with Crippen molar-refractivity contribution in [3.05, 3.63) is 28.2 Å². The first-order valence-corrected chi connectivity index (χ1v) is 7.25. The van der Waals surface area contributed by atoms with Crippen LogP contribution in [0.15, 0.2) is 22.7 Å². The Kier molecular flexibility index (Phi) is 8.82. The van der Waals surface area contributed by atoms with Crippen LogP contribution in [0, 0.1) is 0 Å². The minimum atomic E-state index is 0.618. The second-order valence-corrected chi connectivity index (χ2v) is 4.93. The number of nitrogens with two attached hydrogens (primary N) is 1. The zero-order valence-electron chi connectivity index (χ0n) is 11.4. The Morgan fingerprint density at radius 1 is 1.16 bits per heavy atom. The van der Waals surface area contributed by atoms with E-state index >= 15 is 0 Å². The van der Waals surface area contributed by atoms with Crippen LogP contribution in [0.1, 0.15) is 12.0 Å². The van der Waals surface area contributed by atoms with Crippen molar-refractivity contribution >= 4 is 15.9 Å². The van der Waals surface area contributed by atoms with Gasteiger partial charge in [0.05, 0.1) is 24.3 Å². The number of para-hydroxylation sites is 1. The van der Waals surface area contributed by atoms with Crippen LogP contribution in [0.25, 0.3) is 0 Å². The Morgan fingerprint density at radius 3 is 2.74 bits per heavy atom. The molecule has 108 valence electrons. The molecule has 19 heavy (non-hydrogen) atoms. The molecular weight excluding hydrogens is 310 g/mol. The van der Waals surface area contributed by atoms with Crippen molar-refractivity contribution in [2.75, 3.05) is 40.1 Å². The summed E-state index contributed by atoms with van der Waals surface area (Å²) in [6.45, 7) is 3.19. The molecule has 0 unspecified atom stereocenters. The lowest BCUT2D eigenvalue weighted by atomic mass is 10.1. The summed E-state index contributed by atoms with van der Waals surface area (Å²) >= 11 is 3.51. The fourth-order valence-corrected chi connectivity index (χ4v) is 2.17. The fourth-order valence-electron chi connectivity index (χ4n) is 1.65. The van der Waals surface area contributed by atoms with Crippen molar-refractivity contribution < 1.29 is 14.2 Å². The third-order valence-corrected chi connectivity index (χ3v) is 3.20. The highest BCUT2D eigenvalue weighted by atomic mass is 79.9. The predicted octanol–water partition coefficient (Wildman–Crippen LogP) is 2.38. The maximum atomic E-state index is 5.81. The van der Waals surface area contributed by atoms with Crippen LogP contribution in [0.5, 0.6) is 5.75 Å². The van der Waals surface area contributed by atoms with Gasteiger partial charge in [-0.15, -0.1) is 0 Å². The molecule has 4 nitrogen and oxygen atoms in total. The van der Waals surface area contributed by atoms with Gasteiger partial charge >= 0.3 is 0 Å². The van der Waals surface area contributed by atoms with E-state index in [0.717, 1.165) is 28.6 Å². The van der Waals surface area contributed by atoms with Gasteiger partial charge in [0.1, 0.15) is 5.75 Å². The lowest BCUT2D eigenvalue weighted by Gasteiger charge is -2.13. The molecule has 0 bridgehead atoms. The molecule has 1 aromatic rings. The van der Waals surface area contributed by atoms with E-state index in [1.165, 1.54) is 0 Å². The van der Waals surface area contributed by atoms with E-state index in [0.29, 0.717) is 33.0 Å². The molecule has 0 amide bonds. The normalized spacial score (nSPS) is 10.7. The number of benzene rings is 1. The third kappa shape index (κ3) is 6.38. The second-order valence-electron chi connectivity index (χ2n) is 4.07. The molecule has 0 radical (unpaired) electrons. The van der Waals surface area contributed by atoms with Gasteiger partial charge in [-0.2, -0.15) is 0 Å². The van der Waals surface area contributed by atoms with Gasteiger partial charge in [-0.25, -0.2) is 0 Å². The lowest BCUT2D eigenvalue weighted by molar-refractivity contribution is 0.0643. The largest absolute Gasteiger partial charge is 0.492 e. The molecule has 0 atom stereocenters. The maximum Gasteiger partial charge on any atom is 0.136 e. The van der Waals surface area contributed by atoms with Crippen molar-refractivity contribution in [1.29, 1.82) is 0 Å². The SMILES string of the molecule is COCCOCCCOc1c(Br)cccc1CCN. The number of hydrogen-bond acceptors (Lipinski definition) is 4. The van der Waals surface area contributed by atoms with Gasteiger partial charge in [-0.05, 0) is 40.5 Å².